The van der Waals surface area contributed by atoms with Gasteiger partial charge in [-0.3, -0.25) is 9.69 Å². The first-order valence-corrected chi connectivity index (χ1v) is 7.54. The molecule has 1 aliphatic heterocycles. The van der Waals surface area contributed by atoms with E-state index in [4.69, 9.17) is 16.6 Å². The lowest BCUT2D eigenvalue weighted by Gasteiger charge is -2.11. The molecule has 0 saturated carbocycles. The molecule has 3 rings (SSSR count). The first kappa shape index (κ1) is 14.5. The van der Waals surface area contributed by atoms with Gasteiger partial charge in [0.15, 0.2) is 5.11 Å². The quantitative estimate of drug-likeness (QED) is 0.696. The van der Waals surface area contributed by atoms with Crippen LogP contribution < -0.4 is 5.32 Å². The maximum Gasteiger partial charge on any atom is 0.276 e. The van der Waals surface area contributed by atoms with Gasteiger partial charge in [0.25, 0.3) is 5.91 Å². The highest BCUT2D eigenvalue weighted by molar-refractivity contribution is 7.80. The van der Waals surface area contributed by atoms with E-state index in [0.29, 0.717) is 23.1 Å². The Hall–Kier alpha value is -2.40. The van der Waals surface area contributed by atoms with E-state index in [9.17, 15) is 4.79 Å². The summed E-state index contributed by atoms with van der Waals surface area (Å²) in [6, 6.07) is 11.7. The molecule has 0 radical (unpaired) electrons. The third-order valence-corrected chi connectivity index (χ3v) is 3.88. The summed E-state index contributed by atoms with van der Waals surface area (Å²) in [4.78, 5) is 13.9. The standard InChI is InChI=1S/C17H16N2O2S/c1-2-12-5-7-13(8-6-12)10-15-16(20)19(17(22)18-15)11-14-4-3-9-21-14/h3-10H,2,11H2,1H3,(H,18,22)/b15-10+. The van der Waals surface area contributed by atoms with Crippen LogP contribution in [-0.4, -0.2) is 15.9 Å². The maximum absolute atomic E-state index is 12.4. The third-order valence-electron chi connectivity index (χ3n) is 3.56. The number of benzene rings is 1. The van der Waals surface area contributed by atoms with Gasteiger partial charge >= 0.3 is 0 Å². The number of thiocarbonyl (C=S) groups is 1. The van der Waals surface area contributed by atoms with Gasteiger partial charge in [-0.1, -0.05) is 31.2 Å². The molecule has 0 spiro atoms. The molecule has 4 nitrogen and oxygen atoms in total. The van der Waals surface area contributed by atoms with Crippen LogP contribution in [0.1, 0.15) is 23.8 Å². The monoisotopic (exact) mass is 312 g/mol. The second-order valence-electron chi connectivity index (χ2n) is 5.05. The number of hydrogen-bond donors (Lipinski definition) is 1. The molecule has 0 bridgehead atoms. The van der Waals surface area contributed by atoms with Crippen molar-refractivity contribution in [1.29, 1.82) is 0 Å². The fraction of sp³-hybridized carbons (Fsp3) is 0.176. The number of rotatable bonds is 4. The summed E-state index contributed by atoms with van der Waals surface area (Å²) >= 11 is 5.23. The SMILES string of the molecule is CCc1ccc(/C=C2/NC(=S)N(Cc3ccco3)C2=O)cc1. The average Bonchev–Trinajstić information content (AvgIpc) is 3.13. The van der Waals surface area contributed by atoms with Gasteiger partial charge in [-0.25, -0.2) is 0 Å². The van der Waals surface area contributed by atoms with E-state index in [1.807, 2.05) is 24.3 Å². The van der Waals surface area contributed by atoms with E-state index < -0.39 is 0 Å². The number of amides is 1. The Morgan fingerprint density at radius 3 is 2.68 bits per heavy atom. The first-order chi connectivity index (χ1) is 10.7. The topological polar surface area (TPSA) is 45.5 Å². The number of carbonyl (C=O) groups is 1. The minimum atomic E-state index is -0.138. The Bertz CT molecular complexity index is 718. The second kappa shape index (κ2) is 6.15. The van der Waals surface area contributed by atoms with Gasteiger partial charge in [0.05, 0.1) is 12.8 Å². The molecule has 0 atom stereocenters. The normalized spacial score (nSPS) is 16.4. The van der Waals surface area contributed by atoms with E-state index in [1.165, 1.54) is 10.5 Å². The van der Waals surface area contributed by atoms with Crippen molar-refractivity contribution in [3.8, 4) is 0 Å². The molecule has 1 fully saturated rings. The number of nitrogens with one attached hydrogen (secondary N) is 1. The minimum Gasteiger partial charge on any atom is -0.467 e. The van der Waals surface area contributed by atoms with E-state index in [2.05, 4.69) is 24.4 Å². The predicted molar refractivity (Wildman–Crippen MR) is 88.8 cm³/mol. The van der Waals surface area contributed by atoms with Crippen molar-refractivity contribution in [1.82, 2.24) is 10.2 Å². The Kier molecular flexibility index (Phi) is 4.06. The molecule has 1 N–H and O–H groups in total. The highest BCUT2D eigenvalue weighted by Crippen LogP contribution is 2.17. The van der Waals surface area contributed by atoms with Crippen LogP contribution in [-0.2, 0) is 17.8 Å². The van der Waals surface area contributed by atoms with Gasteiger partial charge in [-0.05, 0) is 48.0 Å². The molecule has 112 valence electrons. The number of carbonyl (C=O) groups excluding carboxylic acids is 1. The largest absolute Gasteiger partial charge is 0.467 e. The lowest BCUT2D eigenvalue weighted by atomic mass is 10.1. The lowest BCUT2D eigenvalue weighted by Crippen LogP contribution is -2.29. The molecule has 0 unspecified atom stereocenters. The van der Waals surface area contributed by atoms with E-state index in [0.717, 1.165) is 12.0 Å². The first-order valence-electron chi connectivity index (χ1n) is 7.13. The zero-order valence-corrected chi connectivity index (χ0v) is 13.0. The molecule has 1 amide bonds. The van der Waals surface area contributed by atoms with Gasteiger partial charge in [0, 0.05) is 0 Å². The summed E-state index contributed by atoms with van der Waals surface area (Å²) in [6.45, 7) is 2.45. The van der Waals surface area contributed by atoms with Gasteiger partial charge < -0.3 is 9.73 Å². The molecular weight excluding hydrogens is 296 g/mol. The molecule has 1 aromatic carbocycles. The fourth-order valence-electron chi connectivity index (χ4n) is 2.29. The number of nitrogens with zero attached hydrogens (tertiary/aromatic N) is 1. The zero-order chi connectivity index (χ0) is 15.5. The van der Waals surface area contributed by atoms with Crippen molar-refractivity contribution < 1.29 is 9.21 Å². The molecule has 1 aliphatic rings. The summed E-state index contributed by atoms with van der Waals surface area (Å²) in [5, 5.41) is 3.37. The summed E-state index contributed by atoms with van der Waals surface area (Å²) < 4.78 is 5.27. The molecule has 1 saturated heterocycles. The van der Waals surface area contributed by atoms with Crippen molar-refractivity contribution in [3.05, 3.63) is 65.2 Å². The van der Waals surface area contributed by atoms with Crippen LogP contribution in [0.2, 0.25) is 0 Å². The molecule has 22 heavy (non-hydrogen) atoms. The van der Waals surface area contributed by atoms with Crippen molar-refractivity contribution in [2.45, 2.75) is 19.9 Å². The van der Waals surface area contributed by atoms with Gasteiger partial charge in [0.2, 0.25) is 0 Å². The predicted octanol–water partition coefficient (Wildman–Crippen LogP) is 3.10. The third kappa shape index (κ3) is 2.94. The van der Waals surface area contributed by atoms with Crippen LogP contribution in [0.4, 0.5) is 0 Å². The highest BCUT2D eigenvalue weighted by Gasteiger charge is 2.31. The lowest BCUT2D eigenvalue weighted by molar-refractivity contribution is -0.122. The van der Waals surface area contributed by atoms with E-state index in [-0.39, 0.29) is 5.91 Å². The van der Waals surface area contributed by atoms with Crippen molar-refractivity contribution >= 4 is 29.3 Å². The Balaban J connectivity index is 1.78. The Morgan fingerprint density at radius 1 is 1.27 bits per heavy atom. The van der Waals surface area contributed by atoms with Gasteiger partial charge in [-0.15, -0.1) is 0 Å². The minimum absolute atomic E-state index is 0.138. The molecule has 1 aromatic heterocycles. The van der Waals surface area contributed by atoms with E-state index in [1.54, 1.807) is 12.3 Å². The smallest absolute Gasteiger partial charge is 0.276 e. The van der Waals surface area contributed by atoms with E-state index >= 15 is 0 Å². The van der Waals surface area contributed by atoms with Gasteiger partial charge in [0.1, 0.15) is 11.5 Å². The molecule has 2 aromatic rings. The van der Waals surface area contributed by atoms with Crippen LogP contribution in [0.25, 0.3) is 6.08 Å². The van der Waals surface area contributed by atoms with Crippen molar-refractivity contribution in [3.63, 3.8) is 0 Å². The van der Waals surface area contributed by atoms with Gasteiger partial charge in [-0.2, -0.15) is 0 Å². The molecular formula is C17H16N2O2S. The van der Waals surface area contributed by atoms with Crippen LogP contribution in [0.5, 0.6) is 0 Å². The number of hydrogen-bond acceptors (Lipinski definition) is 3. The molecule has 0 aliphatic carbocycles. The number of aryl methyl sites for hydroxylation is 1. The second-order valence-corrected chi connectivity index (χ2v) is 5.44. The Labute approximate surface area is 134 Å². The zero-order valence-electron chi connectivity index (χ0n) is 12.2. The molecule has 2 heterocycles. The Morgan fingerprint density at radius 2 is 2.05 bits per heavy atom. The fourth-order valence-corrected chi connectivity index (χ4v) is 2.55. The summed E-state index contributed by atoms with van der Waals surface area (Å²) in [6.07, 6.45) is 4.39. The van der Waals surface area contributed by atoms with Crippen molar-refractivity contribution in [2.24, 2.45) is 0 Å². The highest BCUT2D eigenvalue weighted by atomic mass is 32.1. The van der Waals surface area contributed by atoms with Crippen LogP contribution >= 0.6 is 12.2 Å². The van der Waals surface area contributed by atoms with Crippen LogP contribution in [0.3, 0.4) is 0 Å². The average molecular weight is 312 g/mol. The van der Waals surface area contributed by atoms with Crippen LogP contribution in [0.15, 0.2) is 52.8 Å². The summed E-state index contributed by atoms with van der Waals surface area (Å²) in [5.41, 5.74) is 2.72. The van der Waals surface area contributed by atoms with Crippen molar-refractivity contribution in [2.75, 3.05) is 0 Å². The maximum atomic E-state index is 12.4. The van der Waals surface area contributed by atoms with Crippen LogP contribution in [0, 0.1) is 0 Å². The molecule has 5 heteroatoms. The summed E-state index contributed by atoms with van der Waals surface area (Å²) in [5.74, 6) is 0.562. The summed E-state index contributed by atoms with van der Waals surface area (Å²) in [7, 11) is 0. The number of furan rings is 1.